The number of aromatic nitrogens is 4. The van der Waals surface area contributed by atoms with E-state index in [0.29, 0.717) is 24.2 Å². The number of hydrogen-bond donors (Lipinski definition) is 1. The minimum Gasteiger partial charge on any atom is -0.412 e. The summed E-state index contributed by atoms with van der Waals surface area (Å²) in [6.07, 6.45) is 7.08. The molecule has 9 heteroatoms. The third kappa shape index (κ3) is 3.51. The van der Waals surface area contributed by atoms with Crippen LogP contribution in [-0.4, -0.2) is 37.3 Å². The lowest BCUT2D eigenvalue weighted by Gasteiger charge is -2.15. The molecule has 1 aliphatic heterocycles. The molecule has 1 saturated heterocycles. The van der Waals surface area contributed by atoms with Gasteiger partial charge in [0.2, 0.25) is 0 Å². The van der Waals surface area contributed by atoms with Crippen molar-refractivity contribution in [1.82, 2.24) is 19.1 Å². The molecule has 8 nitrogen and oxygen atoms in total. The van der Waals surface area contributed by atoms with Gasteiger partial charge in [-0.25, -0.2) is 4.98 Å². The number of benzene rings is 1. The summed E-state index contributed by atoms with van der Waals surface area (Å²) in [5.41, 5.74) is 1.05. The van der Waals surface area contributed by atoms with E-state index in [4.69, 9.17) is 4.74 Å². The summed E-state index contributed by atoms with van der Waals surface area (Å²) >= 11 is 0. The number of rotatable bonds is 3. The van der Waals surface area contributed by atoms with Crippen molar-refractivity contribution >= 4 is 23.4 Å². The summed E-state index contributed by atoms with van der Waals surface area (Å²) in [6, 6.07) is 5.56. The van der Waals surface area contributed by atoms with Gasteiger partial charge in [0.15, 0.2) is 0 Å². The third-order valence-corrected chi connectivity index (χ3v) is 4.17. The van der Waals surface area contributed by atoms with Crippen molar-refractivity contribution in [1.29, 1.82) is 0 Å². The van der Waals surface area contributed by atoms with Gasteiger partial charge in [-0.2, -0.15) is 0 Å². The fourth-order valence-electron chi connectivity index (χ4n) is 3.00. The molecule has 0 amide bonds. The molecule has 1 aliphatic rings. The number of aromatic amines is 1. The van der Waals surface area contributed by atoms with E-state index in [0.717, 1.165) is 18.5 Å². The second-order valence-electron chi connectivity index (χ2n) is 5.68. The minimum absolute atomic E-state index is 0. The molecular formula is C16H19ClN4O4. The first kappa shape index (κ1) is 18.9. The van der Waals surface area contributed by atoms with Crippen LogP contribution in [0.15, 0.2) is 46.5 Å². The van der Waals surface area contributed by atoms with Gasteiger partial charge < -0.3 is 19.8 Å². The van der Waals surface area contributed by atoms with Gasteiger partial charge in [-0.05, 0) is 31.0 Å². The van der Waals surface area contributed by atoms with E-state index in [1.165, 1.54) is 4.57 Å². The average molecular weight is 367 g/mol. The van der Waals surface area contributed by atoms with E-state index in [1.54, 1.807) is 18.6 Å². The van der Waals surface area contributed by atoms with Gasteiger partial charge in [0.25, 0.3) is 0 Å². The zero-order chi connectivity index (χ0) is 15.8. The highest BCUT2D eigenvalue weighted by Crippen LogP contribution is 2.18. The van der Waals surface area contributed by atoms with E-state index in [1.807, 2.05) is 22.9 Å². The van der Waals surface area contributed by atoms with Crippen molar-refractivity contribution in [2.24, 2.45) is 0 Å². The molecule has 0 radical (unpaired) electrons. The Morgan fingerprint density at radius 1 is 1.32 bits per heavy atom. The van der Waals surface area contributed by atoms with Gasteiger partial charge in [0.1, 0.15) is 0 Å². The lowest BCUT2D eigenvalue weighted by Crippen LogP contribution is -2.38. The van der Waals surface area contributed by atoms with Crippen LogP contribution in [0.1, 0.15) is 12.8 Å². The second kappa shape index (κ2) is 7.64. The number of nitrogens with zero attached hydrogens (tertiary/aromatic N) is 3. The van der Waals surface area contributed by atoms with E-state index in [-0.39, 0.29) is 24.0 Å². The summed E-state index contributed by atoms with van der Waals surface area (Å²) in [5.74, 6) is 0. The van der Waals surface area contributed by atoms with Crippen molar-refractivity contribution in [2.75, 3.05) is 6.61 Å². The molecule has 0 saturated carbocycles. The Balaban J connectivity index is 0.00000113. The molecule has 3 aromatic rings. The average Bonchev–Trinajstić information content (AvgIpc) is 3.25. The van der Waals surface area contributed by atoms with E-state index >= 15 is 0 Å². The SMILES string of the molecule is Cl.O.O=c1[nH]c2ccc(-n3ccnc3)cc2n(CC2CCCO2)c1=O. The minimum atomic E-state index is -0.606. The number of hydrogen-bond acceptors (Lipinski definition) is 4. The number of H-pyrrole nitrogens is 1. The first-order valence-corrected chi connectivity index (χ1v) is 7.59. The quantitative estimate of drug-likeness (QED) is 0.685. The van der Waals surface area contributed by atoms with Crippen molar-refractivity contribution in [2.45, 2.75) is 25.5 Å². The molecule has 134 valence electrons. The van der Waals surface area contributed by atoms with Crippen LogP contribution in [0.5, 0.6) is 0 Å². The molecule has 0 bridgehead atoms. The van der Waals surface area contributed by atoms with Gasteiger partial charge in [0.05, 0.1) is 30.0 Å². The number of imidazole rings is 1. The zero-order valence-electron chi connectivity index (χ0n) is 13.3. The van der Waals surface area contributed by atoms with Gasteiger partial charge in [-0.15, -0.1) is 12.4 Å². The Morgan fingerprint density at radius 3 is 2.84 bits per heavy atom. The summed E-state index contributed by atoms with van der Waals surface area (Å²) < 4.78 is 8.99. The fraction of sp³-hybridized carbons (Fsp3) is 0.312. The van der Waals surface area contributed by atoms with Crippen LogP contribution < -0.4 is 11.1 Å². The summed E-state index contributed by atoms with van der Waals surface area (Å²) in [6.45, 7) is 1.10. The topological polar surface area (TPSA) is 113 Å². The molecule has 3 N–H and O–H groups in total. The molecule has 0 aliphatic carbocycles. The van der Waals surface area contributed by atoms with Crippen LogP contribution in [0.25, 0.3) is 16.7 Å². The van der Waals surface area contributed by atoms with Gasteiger partial charge in [-0.3, -0.25) is 14.2 Å². The first-order chi connectivity index (χ1) is 11.2. The Labute approximate surface area is 148 Å². The third-order valence-electron chi connectivity index (χ3n) is 4.17. The highest BCUT2D eigenvalue weighted by molar-refractivity contribution is 5.85. The van der Waals surface area contributed by atoms with Crippen LogP contribution in [0.2, 0.25) is 0 Å². The monoisotopic (exact) mass is 366 g/mol. The Bertz CT molecular complexity index is 958. The summed E-state index contributed by atoms with van der Waals surface area (Å²) in [4.78, 5) is 30.9. The second-order valence-corrected chi connectivity index (χ2v) is 5.68. The Hall–Kier alpha value is -2.42. The van der Waals surface area contributed by atoms with Crippen molar-refractivity contribution in [3.63, 3.8) is 0 Å². The van der Waals surface area contributed by atoms with Crippen molar-refractivity contribution in [3.8, 4) is 5.69 Å². The first-order valence-electron chi connectivity index (χ1n) is 7.59. The number of fused-ring (bicyclic) bond motifs is 1. The lowest BCUT2D eigenvalue weighted by atomic mass is 10.2. The van der Waals surface area contributed by atoms with E-state index in [9.17, 15) is 9.59 Å². The predicted octanol–water partition coefficient (Wildman–Crippen LogP) is 0.652. The number of halogens is 1. The molecule has 25 heavy (non-hydrogen) atoms. The lowest BCUT2D eigenvalue weighted by molar-refractivity contribution is 0.0971. The van der Waals surface area contributed by atoms with Crippen LogP contribution in [-0.2, 0) is 11.3 Å². The molecule has 1 atom stereocenters. The number of nitrogens with one attached hydrogen (secondary N) is 1. The Morgan fingerprint density at radius 2 is 2.16 bits per heavy atom. The van der Waals surface area contributed by atoms with Crippen LogP contribution in [0, 0.1) is 0 Å². The van der Waals surface area contributed by atoms with Crippen molar-refractivity contribution in [3.05, 3.63) is 57.6 Å². The molecule has 1 unspecified atom stereocenters. The highest BCUT2D eigenvalue weighted by atomic mass is 35.5. The Kier molecular flexibility index (Phi) is 5.78. The van der Waals surface area contributed by atoms with Crippen LogP contribution in [0.3, 0.4) is 0 Å². The fourth-order valence-corrected chi connectivity index (χ4v) is 3.00. The van der Waals surface area contributed by atoms with Gasteiger partial charge in [-0.1, -0.05) is 0 Å². The predicted molar refractivity (Wildman–Crippen MR) is 95.8 cm³/mol. The number of ether oxygens (including phenoxy) is 1. The molecule has 0 spiro atoms. The summed E-state index contributed by atoms with van der Waals surface area (Å²) in [7, 11) is 0. The van der Waals surface area contributed by atoms with Crippen molar-refractivity contribution < 1.29 is 10.2 Å². The maximum absolute atomic E-state index is 12.3. The van der Waals surface area contributed by atoms with E-state index < -0.39 is 11.1 Å². The molecule has 3 heterocycles. The molecule has 4 rings (SSSR count). The maximum Gasteiger partial charge on any atom is 0.316 e. The van der Waals surface area contributed by atoms with Crippen LogP contribution in [0.4, 0.5) is 0 Å². The van der Waals surface area contributed by atoms with Gasteiger partial charge in [0, 0.05) is 24.7 Å². The molecule has 1 fully saturated rings. The van der Waals surface area contributed by atoms with Gasteiger partial charge >= 0.3 is 11.1 Å². The zero-order valence-corrected chi connectivity index (χ0v) is 14.2. The standard InChI is InChI=1S/C16H16N4O3.ClH.H2O/c21-15-16(22)20(9-12-2-1-7-23-12)14-8-11(3-4-13(14)18-15)19-6-5-17-10-19;;/h3-6,8,10,12H,1-2,7,9H2,(H,18,21);1H;1H2. The summed E-state index contributed by atoms with van der Waals surface area (Å²) in [5, 5.41) is 0. The normalized spacial score (nSPS) is 16.4. The molecule has 1 aromatic carbocycles. The smallest absolute Gasteiger partial charge is 0.316 e. The van der Waals surface area contributed by atoms with E-state index in [2.05, 4.69) is 9.97 Å². The molecule has 2 aromatic heterocycles. The maximum atomic E-state index is 12.3. The largest absolute Gasteiger partial charge is 0.412 e. The molecular weight excluding hydrogens is 348 g/mol. The van der Waals surface area contributed by atoms with Crippen LogP contribution >= 0.6 is 12.4 Å². The highest BCUT2D eigenvalue weighted by Gasteiger charge is 2.19.